The average Bonchev–Trinajstić information content (AvgIpc) is 3.68. The number of benzene rings is 2. The van der Waals surface area contributed by atoms with Crippen LogP contribution in [0.1, 0.15) is 80.8 Å². The van der Waals surface area contributed by atoms with Gasteiger partial charge in [0.25, 0.3) is 5.66 Å². The van der Waals surface area contributed by atoms with E-state index in [0.717, 1.165) is 30.1 Å². The highest BCUT2D eigenvalue weighted by Crippen LogP contribution is 2.45. The SMILES string of the molecule is COCCC(=O)OC(C)(C)C.Cc1c(OCCO)ccc(C/C(=C(/O)C2(N(C)NC=O)CCCC2)c2ccc(C(F)(F)F)cc2-c2cc(C(F)(F)P)ncn2)c1P.NC=O. The van der Waals surface area contributed by atoms with Gasteiger partial charge < -0.3 is 30.2 Å². The maximum Gasteiger partial charge on any atom is 0.416 e. The molecule has 0 spiro atoms. The Morgan fingerprint density at radius 1 is 1.05 bits per heavy atom. The first-order chi connectivity index (χ1) is 28.0. The normalized spacial score (nSPS) is 14.2. The van der Waals surface area contributed by atoms with E-state index in [4.69, 9.17) is 19.0 Å². The summed E-state index contributed by atoms with van der Waals surface area (Å²) in [6, 6.07) is 7.25. The molecule has 1 fully saturated rings. The third kappa shape index (κ3) is 14.7. The van der Waals surface area contributed by atoms with Crippen LogP contribution in [0.15, 0.2) is 48.5 Å². The molecule has 2 aromatic carbocycles. The highest BCUT2D eigenvalue weighted by Gasteiger charge is 2.44. The number of carbonyl (C=O) groups is 3. The lowest BCUT2D eigenvalue weighted by Gasteiger charge is -2.38. The molecule has 1 aliphatic rings. The maximum absolute atomic E-state index is 14.3. The van der Waals surface area contributed by atoms with Crippen LogP contribution >= 0.6 is 18.5 Å². The van der Waals surface area contributed by atoms with Gasteiger partial charge in [0.15, 0.2) is 0 Å². The van der Waals surface area contributed by atoms with Crippen LogP contribution in [0.25, 0.3) is 16.8 Å². The molecule has 0 saturated heterocycles. The van der Waals surface area contributed by atoms with Crippen LogP contribution in [-0.2, 0) is 42.1 Å². The molecule has 0 radical (unpaired) electrons. The van der Waals surface area contributed by atoms with Crippen LogP contribution in [0.2, 0.25) is 0 Å². The Balaban J connectivity index is 0.000000760. The van der Waals surface area contributed by atoms with Crippen LogP contribution in [0.4, 0.5) is 22.0 Å². The van der Waals surface area contributed by atoms with E-state index in [9.17, 15) is 41.8 Å². The predicted molar refractivity (Wildman–Crippen MR) is 223 cm³/mol. The molecule has 2 atom stereocenters. The molecule has 3 aromatic rings. The zero-order valence-corrected chi connectivity index (χ0v) is 36.7. The number of aliphatic hydroxyl groups excluding tert-OH is 2. The van der Waals surface area contributed by atoms with Gasteiger partial charge in [-0.05, 0) is 86.8 Å². The van der Waals surface area contributed by atoms with Crippen LogP contribution in [0.3, 0.4) is 0 Å². The number of nitrogens with two attached hydrogens (primary N) is 1. The van der Waals surface area contributed by atoms with Crippen LogP contribution < -0.4 is 21.2 Å². The van der Waals surface area contributed by atoms with Crippen LogP contribution in [0, 0.1) is 6.92 Å². The number of amides is 2. The number of alkyl halides is 5. The molecule has 4 rings (SSSR count). The van der Waals surface area contributed by atoms with E-state index in [-0.39, 0.29) is 65.8 Å². The van der Waals surface area contributed by atoms with Crippen molar-refractivity contribution < 1.29 is 60.8 Å². The topological polar surface area (TPSA) is 186 Å². The fourth-order valence-corrected chi connectivity index (χ4v) is 6.86. The molecule has 20 heteroatoms. The summed E-state index contributed by atoms with van der Waals surface area (Å²) >= 11 is 0. The Bertz CT molecular complexity index is 1940. The summed E-state index contributed by atoms with van der Waals surface area (Å²) < 4.78 is 86.0. The zero-order valence-electron chi connectivity index (χ0n) is 34.4. The number of aromatic nitrogens is 2. The number of likely N-dealkylation sites (N-methyl/N-ethyl adjacent to an activating group) is 1. The molecule has 2 unspecified atom stereocenters. The number of methoxy groups -OCH3 is 1. The number of aliphatic hydroxyl groups is 2. The van der Waals surface area contributed by atoms with E-state index in [0.29, 0.717) is 61.7 Å². The van der Waals surface area contributed by atoms with E-state index in [1.165, 1.54) is 20.3 Å². The van der Waals surface area contributed by atoms with Gasteiger partial charge in [-0.1, -0.05) is 34.2 Å². The molecule has 0 bridgehead atoms. The van der Waals surface area contributed by atoms with Crippen molar-refractivity contribution in [2.24, 2.45) is 5.73 Å². The quantitative estimate of drug-likeness (QED) is 0.0343. The Labute approximate surface area is 351 Å². The average molecular weight is 890 g/mol. The number of carbonyl (C=O) groups excluding carboxylic acids is 3. The number of allylic oxidation sites excluding steroid dienone is 1. The molecular formula is C40H54F5N5O8P2. The smallest absolute Gasteiger partial charge is 0.416 e. The number of ether oxygens (including phenoxy) is 3. The first kappa shape index (κ1) is 51.8. The van der Waals surface area contributed by atoms with Gasteiger partial charge in [-0.25, -0.2) is 15.0 Å². The lowest BCUT2D eigenvalue weighted by molar-refractivity contribution is -0.155. The summed E-state index contributed by atoms with van der Waals surface area (Å²) in [7, 11) is 7.12. The Morgan fingerprint density at radius 3 is 2.22 bits per heavy atom. The number of hydrogen-bond donors (Lipinski definition) is 4. The summed E-state index contributed by atoms with van der Waals surface area (Å²) in [5, 5.41) is 23.6. The number of primary amides is 1. The first-order valence-corrected chi connectivity index (χ1v) is 19.7. The number of halogens is 5. The first-order valence-electron chi connectivity index (χ1n) is 18.6. The highest BCUT2D eigenvalue weighted by atomic mass is 31.0. The lowest BCUT2D eigenvalue weighted by Crippen LogP contribution is -2.53. The van der Waals surface area contributed by atoms with E-state index in [2.05, 4.69) is 30.4 Å². The van der Waals surface area contributed by atoms with Gasteiger partial charge in [-0.2, -0.15) is 22.0 Å². The van der Waals surface area contributed by atoms with Gasteiger partial charge in [-0.3, -0.25) is 19.8 Å². The second-order valence-corrected chi connectivity index (χ2v) is 15.8. The molecule has 2 amide bonds. The maximum atomic E-state index is 14.3. The minimum Gasteiger partial charge on any atom is -0.510 e. The second kappa shape index (κ2) is 23.0. The molecule has 5 N–H and O–H groups in total. The monoisotopic (exact) mass is 889 g/mol. The number of nitrogens with one attached hydrogen (secondary N) is 1. The van der Waals surface area contributed by atoms with E-state index in [1.807, 2.05) is 20.8 Å². The van der Waals surface area contributed by atoms with E-state index >= 15 is 0 Å². The summed E-state index contributed by atoms with van der Waals surface area (Å²) in [4.78, 5) is 38.7. The van der Waals surface area contributed by atoms with Crippen molar-refractivity contribution in [1.29, 1.82) is 0 Å². The number of hydrogen-bond acceptors (Lipinski definition) is 11. The fraction of sp³-hybridized carbons (Fsp3) is 0.475. The number of nitrogens with zero attached hydrogens (tertiary/aromatic N) is 3. The molecule has 1 saturated carbocycles. The van der Waals surface area contributed by atoms with Crippen molar-refractivity contribution in [2.75, 3.05) is 34.0 Å². The third-order valence-corrected chi connectivity index (χ3v) is 10.3. The van der Waals surface area contributed by atoms with Crippen molar-refractivity contribution in [3.8, 4) is 17.0 Å². The molecular weight excluding hydrogens is 835 g/mol. The van der Waals surface area contributed by atoms with E-state index < -0.39 is 28.6 Å². The van der Waals surface area contributed by atoms with Crippen LogP contribution in [-0.4, -0.2) is 89.1 Å². The molecule has 13 nitrogen and oxygen atoms in total. The number of rotatable bonds is 15. The van der Waals surface area contributed by atoms with Crippen molar-refractivity contribution in [2.45, 2.75) is 89.2 Å². The molecule has 1 heterocycles. The fourth-order valence-electron chi connectivity index (χ4n) is 6.36. The molecule has 0 aliphatic heterocycles. The summed E-state index contributed by atoms with van der Waals surface area (Å²) in [5.74, 6) is 0.123. The van der Waals surface area contributed by atoms with Crippen molar-refractivity contribution >= 4 is 48.1 Å². The van der Waals surface area contributed by atoms with Crippen molar-refractivity contribution in [1.82, 2.24) is 20.4 Å². The zero-order chi connectivity index (χ0) is 45.5. The second-order valence-electron chi connectivity index (χ2n) is 14.5. The van der Waals surface area contributed by atoms with Crippen molar-refractivity contribution in [3.05, 3.63) is 76.4 Å². The highest BCUT2D eigenvalue weighted by molar-refractivity contribution is 7.27. The van der Waals surface area contributed by atoms with Gasteiger partial charge in [0.05, 0.1) is 36.4 Å². The lowest BCUT2D eigenvalue weighted by atomic mass is 9.83. The molecule has 60 heavy (non-hydrogen) atoms. The summed E-state index contributed by atoms with van der Waals surface area (Å²) in [6.45, 7) is 7.64. The number of esters is 1. The predicted octanol–water partition coefficient (Wildman–Crippen LogP) is 6.15. The summed E-state index contributed by atoms with van der Waals surface area (Å²) in [6.07, 6.45) is -0.623. The third-order valence-electron chi connectivity index (χ3n) is 9.20. The minimum atomic E-state index is -4.77. The Hall–Kier alpha value is -4.34. The van der Waals surface area contributed by atoms with Gasteiger partial charge in [0, 0.05) is 31.7 Å². The van der Waals surface area contributed by atoms with Gasteiger partial charge >= 0.3 is 12.1 Å². The summed E-state index contributed by atoms with van der Waals surface area (Å²) in [5.41, 5.74) is 1.43. The Kier molecular flexibility index (Phi) is 19.9. The Morgan fingerprint density at radius 2 is 1.68 bits per heavy atom. The molecule has 1 aromatic heterocycles. The van der Waals surface area contributed by atoms with Gasteiger partial charge in [0.2, 0.25) is 12.8 Å². The van der Waals surface area contributed by atoms with Crippen LogP contribution in [0.5, 0.6) is 5.75 Å². The van der Waals surface area contributed by atoms with Gasteiger partial charge in [0.1, 0.15) is 35.7 Å². The van der Waals surface area contributed by atoms with Crippen molar-refractivity contribution in [3.63, 3.8) is 0 Å². The van der Waals surface area contributed by atoms with E-state index in [1.54, 1.807) is 33.2 Å². The molecule has 1 aliphatic carbocycles. The minimum absolute atomic E-state index is 0.00143. The largest absolute Gasteiger partial charge is 0.510 e. The standard InChI is InChI=1S/C31H35F5N4O4P2.C8H16O3.CH3NO/c1-18-25(44-12-11-41)8-5-19(27(18)45)13-23(28(43)29(9-3-4-10-29)40(2)39-17-42)21-7-6-20(30(32,33)34)14-22(21)24-15-26(31(35,36)46)38-16-37-24;1-8(2,3)11-7(9)5-6-10-4;2-1-3/h5-8,14-17,41,43H,3-4,9-13,45-46H2,1-2H3,(H,39,42);5-6H2,1-4H3;1H,(H2,2,3)/b28-23-;;. The van der Waals surface area contributed by atoms with Gasteiger partial charge in [-0.15, -0.1) is 9.24 Å². The molecule has 332 valence electrons. The number of hydrazine groups is 1.